The van der Waals surface area contributed by atoms with Crippen molar-refractivity contribution in [1.29, 1.82) is 0 Å². The third-order valence-electron chi connectivity index (χ3n) is 1.60. The summed E-state index contributed by atoms with van der Waals surface area (Å²) in [4.78, 5) is 24.5. The Hall–Kier alpha value is -2.22. The van der Waals surface area contributed by atoms with Crippen molar-refractivity contribution < 1.29 is 14.5 Å². The number of carbonyl (C=O) groups excluding carboxylic acids is 1. The lowest BCUT2D eigenvalue weighted by molar-refractivity contribution is -0.384. The summed E-state index contributed by atoms with van der Waals surface area (Å²) in [6.45, 7) is 0. The SMILES string of the molecule is COC(=O)c1ccc([N+](=O)[O-])c(NN)n1. The molecule has 0 amide bonds. The van der Waals surface area contributed by atoms with Crippen molar-refractivity contribution in [2.45, 2.75) is 0 Å². The van der Waals surface area contributed by atoms with Crippen LogP contribution < -0.4 is 11.3 Å². The molecule has 0 aromatic carbocycles. The molecule has 8 nitrogen and oxygen atoms in total. The molecule has 0 saturated carbocycles. The van der Waals surface area contributed by atoms with Gasteiger partial charge in [-0.05, 0) is 6.07 Å². The molecule has 8 heteroatoms. The van der Waals surface area contributed by atoms with E-state index in [2.05, 4.69) is 9.72 Å². The number of carbonyl (C=O) groups is 1. The number of esters is 1. The maximum atomic E-state index is 11.0. The second kappa shape index (κ2) is 4.33. The Bertz CT molecular complexity index is 406. The van der Waals surface area contributed by atoms with Crippen LogP contribution in [0.4, 0.5) is 11.5 Å². The average Bonchev–Trinajstić information content (AvgIpc) is 2.26. The first-order chi connectivity index (χ1) is 7.10. The summed E-state index contributed by atoms with van der Waals surface area (Å²) >= 11 is 0. The summed E-state index contributed by atoms with van der Waals surface area (Å²) < 4.78 is 4.40. The van der Waals surface area contributed by atoms with Crippen LogP contribution in [0.5, 0.6) is 0 Å². The number of hydrazine groups is 1. The van der Waals surface area contributed by atoms with E-state index in [0.717, 1.165) is 6.07 Å². The summed E-state index contributed by atoms with van der Waals surface area (Å²) in [6.07, 6.45) is 0. The number of nitrogens with one attached hydrogen (secondary N) is 1. The van der Waals surface area contributed by atoms with E-state index in [1.807, 2.05) is 5.43 Å². The Morgan fingerprint density at radius 3 is 2.80 bits per heavy atom. The number of methoxy groups -OCH3 is 1. The average molecular weight is 212 g/mol. The first-order valence-electron chi connectivity index (χ1n) is 3.80. The van der Waals surface area contributed by atoms with Crippen LogP contribution in [0.1, 0.15) is 10.5 Å². The first-order valence-corrected chi connectivity index (χ1v) is 3.80. The van der Waals surface area contributed by atoms with Crippen LogP contribution in [0.15, 0.2) is 12.1 Å². The maximum Gasteiger partial charge on any atom is 0.356 e. The van der Waals surface area contributed by atoms with E-state index in [0.29, 0.717) is 0 Å². The van der Waals surface area contributed by atoms with Crippen molar-refractivity contribution in [3.8, 4) is 0 Å². The molecule has 0 aliphatic heterocycles. The molecule has 0 radical (unpaired) electrons. The highest BCUT2D eigenvalue weighted by Gasteiger charge is 2.17. The van der Waals surface area contributed by atoms with Gasteiger partial charge in [0.2, 0.25) is 5.82 Å². The minimum absolute atomic E-state index is 0.0592. The fraction of sp³-hybridized carbons (Fsp3) is 0.143. The number of anilines is 1. The lowest BCUT2D eigenvalue weighted by Gasteiger charge is -2.02. The molecule has 0 fully saturated rings. The van der Waals surface area contributed by atoms with Crippen molar-refractivity contribution >= 4 is 17.5 Å². The summed E-state index contributed by atoms with van der Waals surface area (Å²) in [6, 6.07) is 2.30. The van der Waals surface area contributed by atoms with E-state index in [9.17, 15) is 14.9 Å². The zero-order chi connectivity index (χ0) is 11.4. The molecule has 0 unspecified atom stereocenters. The van der Waals surface area contributed by atoms with Crippen molar-refractivity contribution in [3.05, 3.63) is 27.9 Å². The lowest BCUT2D eigenvalue weighted by atomic mass is 10.3. The van der Waals surface area contributed by atoms with E-state index in [-0.39, 0.29) is 17.2 Å². The van der Waals surface area contributed by atoms with Gasteiger partial charge in [-0.2, -0.15) is 0 Å². The second-order valence-corrected chi connectivity index (χ2v) is 2.46. The van der Waals surface area contributed by atoms with Gasteiger partial charge in [0.15, 0.2) is 5.69 Å². The minimum Gasteiger partial charge on any atom is -0.464 e. The van der Waals surface area contributed by atoms with Crippen molar-refractivity contribution in [2.24, 2.45) is 5.84 Å². The van der Waals surface area contributed by atoms with Gasteiger partial charge in [-0.25, -0.2) is 15.6 Å². The molecular weight excluding hydrogens is 204 g/mol. The number of rotatable bonds is 3. The van der Waals surface area contributed by atoms with Gasteiger partial charge in [0, 0.05) is 6.07 Å². The number of nitrogen functional groups attached to an aromatic ring is 1. The maximum absolute atomic E-state index is 11.0. The summed E-state index contributed by atoms with van der Waals surface area (Å²) in [5, 5.41) is 10.5. The van der Waals surface area contributed by atoms with Gasteiger partial charge in [0.25, 0.3) is 0 Å². The van der Waals surface area contributed by atoms with Gasteiger partial charge in [0.1, 0.15) is 0 Å². The van der Waals surface area contributed by atoms with Gasteiger partial charge in [0.05, 0.1) is 12.0 Å². The largest absolute Gasteiger partial charge is 0.464 e. The topological polar surface area (TPSA) is 120 Å². The van der Waals surface area contributed by atoms with Crippen LogP contribution in [-0.2, 0) is 4.74 Å². The summed E-state index contributed by atoms with van der Waals surface area (Å²) in [5.74, 6) is 4.14. The number of nitro groups is 1. The smallest absolute Gasteiger partial charge is 0.356 e. The van der Waals surface area contributed by atoms with Gasteiger partial charge in [-0.1, -0.05) is 0 Å². The monoisotopic (exact) mass is 212 g/mol. The summed E-state index contributed by atoms with van der Waals surface area (Å²) in [7, 11) is 1.18. The predicted octanol–water partition coefficient (Wildman–Crippen LogP) is 0.0620. The molecule has 0 aliphatic carbocycles. The Kier molecular flexibility index (Phi) is 3.13. The molecule has 3 N–H and O–H groups in total. The number of aromatic nitrogens is 1. The minimum atomic E-state index is -0.693. The van der Waals surface area contributed by atoms with Crippen LogP contribution in [0.2, 0.25) is 0 Å². The van der Waals surface area contributed by atoms with E-state index in [1.54, 1.807) is 0 Å². The molecule has 0 bridgehead atoms. The molecule has 1 aromatic rings. The number of ether oxygens (including phenoxy) is 1. The van der Waals surface area contributed by atoms with Gasteiger partial charge in [-0.15, -0.1) is 0 Å². The third kappa shape index (κ3) is 2.17. The first kappa shape index (κ1) is 10.9. The fourth-order valence-electron chi connectivity index (χ4n) is 0.924. The fourth-order valence-corrected chi connectivity index (χ4v) is 0.924. The molecule has 80 valence electrons. The molecule has 1 heterocycles. The standard InChI is InChI=1S/C7H8N4O4/c1-15-7(12)4-2-3-5(11(13)14)6(9-4)10-8/h2-3H,8H2,1H3,(H,9,10). The molecule has 1 aromatic heterocycles. The Morgan fingerprint density at radius 2 is 2.33 bits per heavy atom. The van der Waals surface area contributed by atoms with Gasteiger partial charge in [-0.3, -0.25) is 10.1 Å². The number of nitrogens with two attached hydrogens (primary N) is 1. The van der Waals surface area contributed by atoms with Crippen LogP contribution in [0.25, 0.3) is 0 Å². The highest BCUT2D eigenvalue weighted by atomic mass is 16.6. The normalized spacial score (nSPS) is 9.47. The highest BCUT2D eigenvalue weighted by Crippen LogP contribution is 2.20. The molecule has 15 heavy (non-hydrogen) atoms. The Labute approximate surface area is 84.2 Å². The van der Waals surface area contributed by atoms with Crippen LogP contribution in [0.3, 0.4) is 0 Å². The van der Waals surface area contributed by atoms with E-state index >= 15 is 0 Å². The molecule has 0 saturated heterocycles. The third-order valence-corrected chi connectivity index (χ3v) is 1.60. The molecular formula is C7H8N4O4. The van der Waals surface area contributed by atoms with Gasteiger partial charge >= 0.3 is 11.7 Å². The van der Waals surface area contributed by atoms with Crippen LogP contribution >= 0.6 is 0 Å². The Morgan fingerprint density at radius 1 is 1.67 bits per heavy atom. The van der Waals surface area contributed by atoms with Gasteiger partial charge < -0.3 is 10.2 Å². The second-order valence-electron chi connectivity index (χ2n) is 2.46. The van der Waals surface area contributed by atoms with Crippen molar-refractivity contribution in [1.82, 2.24) is 4.98 Å². The molecule has 0 atom stereocenters. The highest BCUT2D eigenvalue weighted by molar-refractivity contribution is 5.88. The number of nitrogens with zero attached hydrogens (tertiary/aromatic N) is 2. The summed E-state index contributed by atoms with van der Waals surface area (Å²) in [5.41, 5.74) is 1.66. The van der Waals surface area contributed by atoms with Crippen LogP contribution in [0, 0.1) is 10.1 Å². The predicted molar refractivity (Wildman–Crippen MR) is 50.0 cm³/mol. The molecule has 0 spiro atoms. The Balaban J connectivity index is 3.19. The van der Waals surface area contributed by atoms with E-state index < -0.39 is 10.9 Å². The number of pyridine rings is 1. The zero-order valence-corrected chi connectivity index (χ0v) is 7.76. The lowest BCUT2D eigenvalue weighted by Crippen LogP contribution is -2.13. The zero-order valence-electron chi connectivity index (χ0n) is 7.76. The van der Waals surface area contributed by atoms with E-state index in [4.69, 9.17) is 5.84 Å². The van der Waals surface area contributed by atoms with Crippen molar-refractivity contribution in [3.63, 3.8) is 0 Å². The molecule has 0 aliphatic rings. The van der Waals surface area contributed by atoms with E-state index in [1.165, 1.54) is 13.2 Å². The number of hydrogen-bond acceptors (Lipinski definition) is 7. The number of hydrogen-bond donors (Lipinski definition) is 2. The molecule has 1 rings (SSSR count). The van der Waals surface area contributed by atoms with Crippen molar-refractivity contribution in [2.75, 3.05) is 12.5 Å². The quantitative estimate of drug-likeness (QED) is 0.314. The van der Waals surface area contributed by atoms with Crippen LogP contribution in [-0.4, -0.2) is 23.0 Å².